The maximum atomic E-state index is 5.88. The van der Waals surface area contributed by atoms with E-state index in [9.17, 15) is 0 Å². The van der Waals surface area contributed by atoms with Crippen molar-refractivity contribution in [1.82, 2.24) is 0 Å². The van der Waals surface area contributed by atoms with Gasteiger partial charge in [-0.1, -0.05) is 39.8 Å². The molecule has 0 aromatic rings. The zero-order valence-corrected chi connectivity index (χ0v) is 12.6. The topological polar surface area (TPSA) is 26.0 Å². The maximum absolute atomic E-state index is 5.88. The van der Waals surface area contributed by atoms with E-state index >= 15 is 0 Å². The molecule has 2 N–H and O–H groups in total. The van der Waals surface area contributed by atoms with Gasteiger partial charge < -0.3 is 5.73 Å². The minimum atomic E-state index is 0.883. The molecule has 1 nitrogen and oxygen atoms in total. The van der Waals surface area contributed by atoms with Crippen molar-refractivity contribution in [3.8, 4) is 0 Å². The van der Waals surface area contributed by atoms with E-state index in [1.807, 2.05) is 27.7 Å². The Morgan fingerprint density at radius 1 is 0.889 bits per heavy atom. The van der Waals surface area contributed by atoms with Gasteiger partial charge in [0.2, 0.25) is 0 Å². The zero-order chi connectivity index (χ0) is 13.3. The van der Waals surface area contributed by atoms with Crippen LogP contribution in [0.15, 0.2) is 12.2 Å². The molecule has 4 aliphatic carbocycles. The largest absolute Gasteiger partial charge is 0.330 e. The second-order valence-corrected chi connectivity index (χ2v) is 5.99. The molecule has 7 unspecified atom stereocenters. The van der Waals surface area contributed by atoms with Gasteiger partial charge in [-0.15, -0.1) is 0 Å². The van der Waals surface area contributed by atoms with Crippen LogP contribution >= 0.6 is 0 Å². The Kier molecular flexibility index (Phi) is 4.53. The average Bonchev–Trinajstić information content (AvgIpc) is 3.20. The van der Waals surface area contributed by atoms with Crippen molar-refractivity contribution in [2.24, 2.45) is 47.2 Å². The Balaban J connectivity index is 0.000000277. The fourth-order valence-electron chi connectivity index (χ4n) is 5.42. The molecule has 0 aromatic carbocycles. The summed E-state index contributed by atoms with van der Waals surface area (Å²) in [4.78, 5) is 0. The number of hydrogen-bond donors (Lipinski definition) is 1. The lowest BCUT2D eigenvalue weighted by Gasteiger charge is -2.36. The summed E-state index contributed by atoms with van der Waals surface area (Å²) in [6, 6.07) is 0. The lowest BCUT2D eigenvalue weighted by molar-refractivity contribution is 0.154. The first kappa shape index (κ1) is 14.1. The van der Waals surface area contributed by atoms with Gasteiger partial charge in [0.25, 0.3) is 0 Å². The van der Waals surface area contributed by atoms with Crippen molar-refractivity contribution in [3.05, 3.63) is 12.2 Å². The van der Waals surface area contributed by atoms with Crippen LogP contribution in [-0.2, 0) is 0 Å². The van der Waals surface area contributed by atoms with Gasteiger partial charge in [-0.05, 0) is 67.2 Å². The fraction of sp³-hybridized carbons (Fsp3) is 0.882. The highest BCUT2D eigenvalue weighted by atomic mass is 14.7. The number of fused-ring (bicyclic) bond motifs is 9. The molecule has 0 aromatic heterocycles. The normalized spacial score (nSPS) is 49.3. The summed E-state index contributed by atoms with van der Waals surface area (Å²) >= 11 is 0. The minimum absolute atomic E-state index is 0.883. The van der Waals surface area contributed by atoms with E-state index in [0.29, 0.717) is 0 Å². The van der Waals surface area contributed by atoms with Gasteiger partial charge in [-0.3, -0.25) is 0 Å². The van der Waals surface area contributed by atoms with Crippen LogP contribution in [0.4, 0.5) is 0 Å². The second-order valence-electron chi connectivity index (χ2n) is 5.99. The maximum Gasteiger partial charge on any atom is -0.00460 e. The van der Waals surface area contributed by atoms with Crippen LogP contribution in [0.1, 0.15) is 47.0 Å². The summed E-state index contributed by atoms with van der Waals surface area (Å²) < 4.78 is 0. The van der Waals surface area contributed by atoms with Crippen molar-refractivity contribution >= 4 is 0 Å². The van der Waals surface area contributed by atoms with E-state index in [0.717, 1.165) is 48.0 Å². The summed E-state index contributed by atoms with van der Waals surface area (Å²) in [6.07, 6.45) is 9.50. The summed E-state index contributed by atoms with van der Waals surface area (Å²) in [5, 5.41) is 0. The van der Waals surface area contributed by atoms with E-state index in [1.165, 1.54) is 19.3 Å². The molecular weight excluding hydrogens is 218 g/mol. The minimum Gasteiger partial charge on any atom is -0.330 e. The molecule has 1 heteroatoms. The molecule has 18 heavy (non-hydrogen) atoms. The summed E-state index contributed by atoms with van der Waals surface area (Å²) in [5.41, 5.74) is 5.88. The van der Waals surface area contributed by atoms with Gasteiger partial charge >= 0.3 is 0 Å². The third-order valence-corrected chi connectivity index (χ3v) is 5.71. The molecule has 4 aliphatic rings. The zero-order valence-electron chi connectivity index (χ0n) is 12.6. The molecule has 3 saturated carbocycles. The lowest BCUT2D eigenvalue weighted by Crippen LogP contribution is -2.34. The Labute approximate surface area is 113 Å². The number of hydrogen-bond acceptors (Lipinski definition) is 1. The lowest BCUT2D eigenvalue weighted by atomic mass is 9.69. The molecule has 0 saturated heterocycles. The first-order valence-corrected chi connectivity index (χ1v) is 8.27. The molecule has 4 bridgehead atoms. The van der Waals surface area contributed by atoms with Crippen LogP contribution in [0.25, 0.3) is 0 Å². The van der Waals surface area contributed by atoms with Crippen molar-refractivity contribution in [3.63, 3.8) is 0 Å². The Hall–Kier alpha value is -0.300. The van der Waals surface area contributed by atoms with Gasteiger partial charge in [0.15, 0.2) is 0 Å². The molecule has 0 radical (unpaired) electrons. The van der Waals surface area contributed by atoms with E-state index in [1.54, 1.807) is 0 Å². The molecular formula is C17H31N. The van der Waals surface area contributed by atoms with Crippen LogP contribution in [-0.4, -0.2) is 6.54 Å². The molecule has 0 spiro atoms. The van der Waals surface area contributed by atoms with Crippen molar-refractivity contribution in [2.75, 3.05) is 6.54 Å². The van der Waals surface area contributed by atoms with E-state index in [2.05, 4.69) is 12.2 Å². The van der Waals surface area contributed by atoms with E-state index < -0.39 is 0 Å². The molecule has 0 aliphatic heterocycles. The molecule has 0 amide bonds. The molecule has 3 fully saturated rings. The van der Waals surface area contributed by atoms with E-state index in [4.69, 9.17) is 5.73 Å². The second kappa shape index (κ2) is 5.77. The highest BCUT2D eigenvalue weighted by Crippen LogP contribution is 2.66. The fourth-order valence-corrected chi connectivity index (χ4v) is 5.42. The molecule has 104 valence electrons. The number of rotatable bonds is 1. The van der Waals surface area contributed by atoms with Gasteiger partial charge in [-0.2, -0.15) is 0 Å². The van der Waals surface area contributed by atoms with E-state index in [-0.39, 0.29) is 0 Å². The van der Waals surface area contributed by atoms with Gasteiger partial charge in [0.05, 0.1) is 0 Å². The molecule has 7 atom stereocenters. The quantitative estimate of drug-likeness (QED) is 0.550. The predicted octanol–water partition coefficient (Wildman–Crippen LogP) is 4.09. The first-order chi connectivity index (χ1) is 8.88. The number of allylic oxidation sites excluding steroid dienone is 2. The highest BCUT2D eigenvalue weighted by molar-refractivity contribution is 5.20. The number of nitrogens with two attached hydrogens (primary N) is 1. The Morgan fingerprint density at radius 2 is 1.50 bits per heavy atom. The first-order valence-electron chi connectivity index (χ1n) is 8.27. The third-order valence-electron chi connectivity index (χ3n) is 5.71. The van der Waals surface area contributed by atoms with Gasteiger partial charge in [-0.25, -0.2) is 0 Å². The van der Waals surface area contributed by atoms with Gasteiger partial charge in [0.1, 0.15) is 0 Å². The standard InChI is InChI=1S/C13H19N.2C2H6/c14-6-10-4-9-5-11(10)13-8-2-1-7(3-8)12(9)13;2*1-2/h1-2,7-13H,3-6,14H2;2*1-2H3. The van der Waals surface area contributed by atoms with Crippen molar-refractivity contribution < 1.29 is 0 Å². The summed E-state index contributed by atoms with van der Waals surface area (Å²) in [7, 11) is 0. The predicted molar refractivity (Wildman–Crippen MR) is 79.2 cm³/mol. The van der Waals surface area contributed by atoms with Crippen LogP contribution in [0, 0.1) is 41.4 Å². The van der Waals surface area contributed by atoms with Crippen LogP contribution in [0.5, 0.6) is 0 Å². The highest BCUT2D eigenvalue weighted by Gasteiger charge is 2.60. The molecule has 4 rings (SSSR count). The van der Waals surface area contributed by atoms with Crippen molar-refractivity contribution in [1.29, 1.82) is 0 Å². The van der Waals surface area contributed by atoms with Crippen LogP contribution in [0.3, 0.4) is 0 Å². The monoisotopic (exact) mass is 249 g/mol. The Bertz CT molecular complexity index is 296. The van der Waals surface area contributed by atoms with Crippen molar-refractivity contribution in [2.45, 2.75) is 47.0 Å². The summed E-state index contributed by atoms with van der Waals surface area (Å²) in [5.74, 6) is 7.01. The Morgan fingerprint density at radius 3 is 2.11 bits per heavy atom. The van der Waals surface area contributed by atoms with Crippen LogP contribution < -0.4 is 5.73 Å². The smallest absolute Gasteiger partial charge is 0.00460 e. The summed E-state index contributed by atoms with van der Waals surface area (Å²) in [6.45, 7) is 8.95. The average molecular weight is 249 g/mol. The van der Waals surface area contributed by atoms with Crippen LogP contribution in [0.2, 0.25) is 0 Å². The third kappa shape index (κ3) is 1.86. The van der Waals surface area contributed by atoms with Gasteiger partial charge in [0, 0.05) is 0 Å². The molecule has 0 heterocycles. The SMILES string of the molecule is CC.CC.NCC1CC2CC1C1C3C=CC(C3)C21.